The summed E-state index contributed by atoms with van der Waals surface area (Å²) in [6.07, 6.45) is 0. The molecule has 5 nitrogen and oxygen atoms in total. The Labute approximate surface area is 105 Å². The third kappa shape index (κ3) is 2.63. The fourth-order valence-corrected chi connectivity index (χ4v) is 1.70. The maximum atomic E-state index is 10.7. The van der Waals surface area contributed by atoms with Gasteiger partial charge in [0.25, 0.3) is 5.69 Å². The van der Waals surface area contributed by atoms with Gasteiger partial charge in [-0.05, 0) is 38.1 Å². The van der Waals surface area contributed by atoms with Gasteiger partial charge >= 0.3 is 0 Å². The number of aryl methyl sites for hydroxylation is 2. The van der Waals surface area contributed by atoms with Crippen molar-refractivity contribution in [3.05, 3.63) is 57.8 Å². The molecule has 1 aromatic heterocycles. The molecule has 18 heavy (non-hydrogen) atoms. The fraction of sp³-hybridized carbons (Fsp3) is 0.154. The summed E-state index contributed by atoms with van der Waals surface area (Å²) in [7, 11) is 0. The number of hydrogen-bond acceptors (Lipinski definition) is 4. The number of benzene rings is 1. The van der Waals surface area contributed by atoms with Gasteiger partial charge in [0.2, 0.25) is 0 Å². The van der Waals surface area contributed by atoms with Crippen LogP contribution in [0.5, 0.6) is 0 Å². The van der Waals surface area contributed by atoms with Crippen LogP contribution in [0.1, 0.15) is 11.3 Å². The van der Waals surface area contributed by atoms with Crippen LogP contribution in [0.4, 0.5) is 17.2 Å². The van der Waals surface area contributed by atoms with Crippen molar-refractivity contribution >= 4 is 17.2 Å². The van der Waals surface area contributed by atoms with Crippen molar-refractivity contribution in [1.82, 2.24) is 4.98 Å². The van der Waals surface area contributed by atoms with E-state index in [2.05, 4.69) is 10.3 Å². The zero-order valence-electron chi connectivity index (χ0n) is 10.2. The van der Waals surface area contributed by atoms with E-state index < -0.39 is 0 Å². The van der Waals surface area contributed by atoms with Crippen molar-refractivity contribution in [1.29, 1.82) is 0 Å². The highest BCUT2D eigenvalue weighted by atomic mass is 16.6. The minimum absolute atomic E-state index is 0.123. The lowest BCUT2D eigenvalue weighted by molar-refractivity contribution is -0.385. The van der Waals surface area contributed by atoms with Gasteiger partial charge in [0.05, 0.1) is 4.92 Å². The molecule has 0 bridgehead atoms. The summed E-state index contributed by atoms with van der Waals surface area (Å²) in [5.74, 6) is 0.725. The van der Waals surface area contributed by atoms with E-state index in [0.29, 0.717) is 5.56 Å². The summed E-state index contributed by atoms with van der Waals surface area (Å²) >= 11 is 0. The first-order valence-corrected chi connectivity index (χ1v) is 5.52. The third-order valence-electron chi connectivity index (χ3n) is 2.55. The van der Waals surface area contributed by atoms with Crippen LogP contribution in [0, 0.1) is 24.0 Å². The Hall–Kier alpha value is -2.43. The molecule has 0 aliphatic heterocycles. The Kier molecular flexibility index (Phi) is 3.23. The van der Waals surface area contributed by atoms with Crippen molar-refractivity contribution in [3.8, 4) is 0 Å². The highest BCUT2D eigenvalue weighted by Crippen LogP contribution is 2.23. The molecule has 0 unspecified atom stereocenters. The first kappa shape index (κ1) is 12.0. The molecule has 0 aliphatic rings. The van der Waals surface area contributed by atoms with Crippen molar-refractivity contribution < 1.29 is 4.92 Å². The van der Waals surface area contributed by atoms with Crippen molar-refractivity contribution in [2.24, 2.45) is 0 Å². The van der Waals surface area contributed by atoms with E-state index in [-0.39, 0.29) is 10.6 Å². The van der Waals surface area contributed by atoms with Crippen molar-refractivity contribution in [3.63, 3.8) is 0 Å². The van der Waals surface area contributed by atoms with Crippen LogP contribution >= 0.6 is 0 Å². The Morgan fingerprint density at radius 3 is 2.61 bits per heavy atom. The minimum Gasteiger partial charge on any atom is -0.340 e. The van der Waals surface area contributed by atoms with Crippen LogP contribution < -0.4 is 5.32 Å². The minimum atomic E-state index is -0.385. The number of nitrogens with zero attached hydrogens (tertiary/aromatic N) is 2. The van der Waals surface area contributed by atoms with Gasteiger partial charge in [0.15, 0.2) is 0 Å². The molecule has 1 heterocycles. The van der Waals surface area contributed by atoms with Crippen molar-refractivity contribution in [2.75, 3.05) is 5.32 Å². The number of nitrogens with one attached hydrogen (secondary N) is 1. The zero-order valence-corrected chi connectivity index (χ0v) is 10.2. The van der Waals surface area contributed by atoms with E-state index in [0.717, 1.165) is 17.2 Å². The van der Waals surface area contributed by atoms with Crippen LogP contribution in [-0.4, -0.2) is 9.91 Å². The fourth-order valence-electron chi connectivity index (χ4n) is 1.70. The van der Waals surface area contributed by atoms with Gasteiger partial charge in [-0.15, -0.1) is 0 Å². The highest BCUT2D eigenvalue weighted by Gasteiger charge is 2.10. The predicted octanol–water partition coefficient (Wildman–Crippen LogP) is 3.35. The monoisotopic (exact) mass is 243 g/mol. The molecule has 0 saturated heterocycles. The van der Waals surface area contributed by atoms with Crippen LogP contribution in [-0.2, 0) is 0 Å². The van der Waals surface area contributed by atoms with Crippen LogP contribution in [0.2, 0.25) is 0 Å². The Bertz CT molecular complexity index is 597. The van der Waals surface area contributed by atoms with E-state index in [9.17, 15) is 10.1 Å². The molecule has 0 atom stereocenters. The second-order valence-electron chi connectivity index (χ2n) is 4.05. The summed E-state index contributed by atoms with van der Waals surface area (Å²) in [5, 5.41) is 13.8. The normalized spacial score (nSPS) is 10.1. The average Bonchev–Trinajstić information content (AvgIpc) is 2.28. The van der Waals surface area contributed by atoms with E-state index in [1.807, 2.05) is 25.1 Å². The lowest BCUT2D eigenvalue weighted by Crippen LogP contribution is -1.96. The summed E-state index contributed by atoms with van der Waals surface area (Å²) < 4.78 is 0. The van der Waals surface area contributed by atoms with Gasteiger partial charge in [0, 0.05) is 23.0 Å². The number of nitro benzene ring substituents is 1. The maximum absolute atomic E-state index is 10.7. The van der Waals surface area contributed by atoms with E-state index in [4.69, 9.17) is 0 Å². The zero-order chi connectivity index (χ0) is 13.1. The number of pyridine rings is 1. The lowest BCUT2D eigenvalue weighted by atomic mass is 10.2. The molecule has 5 heteroatoms. The number of nitro groups is 1. The molecule has 2 rings (SSSR count). The molecule has 92 valence electrons. The Balaban J connectivity index is 2.25. The molecule has 1 aromatic carbocycles. The van der Waals surface area contributed by atoms with E-state index >= 15 is 0 Å². The molecular weight excluding hydrogens is 230 g/mol. The number of hydrogen-bond donors (Lipinski definition) is 1. The first-order chi connectivity index (χ1) is 8.56. The molecule has 0 aliphatic carbocycles. The van der Waals surface area contributed by atoms with Gasteiger partial charge < -0.3 is 5.32 Å². The smallest absolute Gasteiger partial charge is 0.272 e. The van der Waals surface area contributed by atoms with Gasteiger partial charge in [-0.1, -0.05) is 6.07 Å². The van der Waals surface area contributed by atoms with Crippen LogP contribution in [0.25, 0.3) is 0 Å². The molecule has 0 radical (unpaired) electrons. The molecule has 2 aromatic rings. The Morgan fingerprint density at radius 1 is 1.22 bits per heavy atom. The van der Waals surface area contributed by atoms with Crippen molar-refractivity contribution in [2.45, 2.75) is 13.8 Å². The number of aromatic nitrogens is 1. The summed E-state index contributed by atoms with van der Waals surface area (Å²) in [4.78, 5) is 14.6. The third-order valence-corrected chi connectivity index (χ3v) is 2.55. The van der Waals surface area contributed by atoms with Gasteiger partial charge in [-0.2, -0.15) is 0 Å². The molecule has 0 fully saturated rings. The van der Waals surface area contributed by atoms with Gasteiger partial charge in [-0.3, -0.25) is 10.1 Å². The van der Waals surface area contributed by atoms with Gasteiger partial charge in [0.1, 0.15) is 5.82 Å². The van der Waals surface area contributed by atoms with Crippen LogP contribution in [0.15, 0.2) is 36.4 Å². The highest BCUT2D eigenvalue weighted by molar-refractivity contribution is 5.60. The summed E-state index contributed by atoms with van der Waals surface area (Å²) in [5.41, 5.74) is 2.45. The van der Waals surface area contributed by atoms with Gasteiger partial charge in [-0.25, -0.2) is 4.98 Å². The second-order valence-corrected chi connectivity index (χ2v) is 4.05. The molecular formula is C13H13N3O2. The van der Waals surface area contributed by atoms with Crippen LogP contribution in [0.3, 0.4) is 0 Å². The number of anilines is 2. The molecule has 0 saturated carbocycles. The largest absolute Gasteiger partial charge is 0.340 e. The topological polar surface area (TPSA) is 68.1 Å². The number of rotatable bonds is 3. The maximum Gasteiger partial charge on any atom is 0.272 e. The molecule has 1 N–H and O–H groups in total. The van der Waals surface area contributed by atoms with E-state index in [1.165, 1.54) is 6.07 Å². The summed E-state index contributed by atoms with van der Waals surface area (Å²) in [6.45, 7) is 3.62. The SMILES string of the molecule is Cc1cccc(Nc2ccc([N+](=O)[O-])c(C)c2)n1. The quantitative estimate of drug-likeness (QED) is 0.663. The second kappa shape index (κ2) is 4.83. The predicted molar refractivity (Wildman–Crippen MR) is 70.1 cm³/mol. The standard InChI is InChI=1S/C13H13N3O2/c1-9-8-11(6-7-12(9)16(17)18)15-13-5-3-4-10(2)14-13/h3-8H,1-2H3,(H,14,15). The average molecular weight is 243 g/mol. The summed E-state index contributed by atoms with van der Waals surface area (Å²) in [6, 6.07) is 10.6. The first-order valence-electron chi connectivity index (χ1n) is 5.52. The van der Waals surface area contributed by atoms with E-state index in [1.54, 1.807) is 19.1 Å². The Morgan fingerprint density at radius 2 is 2.00 bits per heavy atom. The molecule has 0 amide bonds. The lowest BCUT2D eigenvalue weighted by Gasteiger charge is -2.07. The molecule has 0 spiro atoms.